The SMILES string of the molecule is COc1nn(C)c2c1/C=C/c1n[nH]c3c(Cl)cc(cc13)S(=O)(=O)[C@@H](C)COCCN(C)C2=O. The third-order valence-electron chi connectivity index (χ3n) is 5.61. The van der Waals surface area contributed by atoms with Gasteiger partial charge >= 0.3 is 0 Å². The number of carbonyl (C=O) groups excluding carboxylic acids is 1. The molecule has 0 aliphatic carbocycles. The molecule has 0 unspecified atom stereocenters. The number of benzene rings is 1. The summed E-state index contributed by atoms with van der Waals surface area (Å²) < 4.78 is 38.7. The van der Waals surface area contributed by atoms with E-state index in [0.29, 0.717) is 27.9 Å². The number of methoxy groups -OCH3 is 1. The molecule has 0 radical (unpaired) electrons. The molecule has 3 aromatic rings. The topological polar surface area (TPSA) is 119 Å². The number of ether oxygens (including phenoxy) is 2. The van der Waals surface area contributed by atoms with Crippen molar-refractivity contribution in [2.45, 2.75) is 17.1 Å². The normalized spacial score (nSPS) is 20.2. The van der Waals surface area contributed by atoms with Crippen molar-refractivity contribution in [3.05, 3.63) is 34.1 Å². The maximum Gasteiger partial charge on any atom is 0.272 e. The molecule has 1 amide bonds. The summed E-state index contributed by atoms with van der Waals surface area (Å²) in [5.41, 5.74) is 1.78. The molecule has 1 aliphatic heterocycles. The predicted molar refractivity (Wildman–Crippen MR) is 124 cm³/mol. The number of carbonyl (C=O) groups is 1. The summed E-state index contributed by atoms with van der Waals surface area (Å²) >= 11 is 6.38. The number of aromatic nitrogens is 4. The van der Waals surface area contributed by atoms with E-state index in [-0.39, 0.29) is 41.5 Å². The number of hydrogen-bond donors (Lipinski definition) is 1. The zero-order chi connectivity index (χ0) is 23.9. The Labute approximate surface area is 196 Å². The van der Waals surface area contributed by atoms with Crippen molar-refractivity contribution < 1.29 is 22.7 Å². The van der Waals surface area contributed by atoms with E-state index in [1.165, 1.54) is 22.8 Å². The molecule has 1 aliphatic rings. The second-order valence-corrected chi connectivity index (χ2v) is 10.6. The molecule has 0 fully saturated rings. The molecule has 2 bridgehead atoms. The molecule has 0 spiro atoms. The molecule has 2 aromatic heterocycles. The zero-order valence-electron chi connectivity index (χ0n) is 18.6. The minimum Gasteiger partial charge on any atom is -0.479 e. The van der Waals surface area contributed by atoms with Crippen LogP contribution in [0, 0.1) is 0 Å². The number of nitrogens with one attached hydrogen (secondary N) is 1. The summed E-state index contributed by atoms with van der Waals surface area (Å²) in [6.07, 6.45) is 3.34. The first-order valence-electron chi connectivity index (χ1n) is 10.2. The Morgan fingerprint density at radius 3 is 2.76 bits per heavy atom. The van der Waals surface area contributed by atoms with Gasteiger partial charge in [-0.1, -0.05) is 11.6 Å². The van der Waals surface area contributed by atoms with Gasteiger partial charge in [0.1, 0.15) is 5.69 Å². The molecule has 1 atom stereocenters. The lowest BCUT2D eigenvalue weighted by Gasteiger charge is -2.19. The van der Waals surface area contributed by atoms with Crippen LogP contribution in [0.3, 0.4) is 0 Å². The minimum atomic E-state index is -3.71. The molecule has 33 heavy (non-hydrogen) atoms. The highest BCUT2D eigenvalue weighted by atomic mass is 35.5. The van der Waals surface area contributed by atoms with Crippen LogP contribution in [0.2, 0.25) is 5.02 Å². The fraction of sp³-hybridized carbons (Fsp3) is 0.381. The lowest BCUT2D eigenvalue weighted by molar-refractivity contribution is 0.0688. The van der Waals surface area contributed by atoms with Crippen LogP contribution in [0.1, 0.15) is 28.7 Å². The summed E-state index contributed by atoms with van der Waals surface area (Å²) in [7, 11) is 1.07. The van der Waals surface area contributed by atoms with Crippen LogP contribution in [0.4, 0.5) is 0 Å². The summed E-state index contributed by atoms with van der Waals surface area (Å²) in [6, 6.07) is 2.96. The Bertz CT molecular complexity index is 1360. The van der Waals surface area contributed by atoms with Crippen molar-refractivity contribution in [3.8, 4) is 5.88 Å². The monoisotopic (exact) mass is 493 g/mol. The van der Waals surface area contributed by atoms with Crippen LogP contribution < -0.4 is 4.74 Å². The van der Waals surface area contributed by atoms with Gasteiger partial charge in [0.25, 0.3) is 5.91 Å². The van der Waals surface area contributed by atoms with Gasteiger partial charge in [-0.05, 0) is 31.2 Å². The number of fused-ring (bicyclic) bond motifs is 2. The van der Waals surface area contributed by atoms with E-state index >= 15 is 0 Å². The zero-order valence-corrected chi connectivity index (χ0v) is 20.2. The maximum absolute atomic E-state index is 13.2. The summed E-state index contributed by atoms with van der Waals surface area (Å²) in [5, 5.41) is 11.4. The third kappa shape index (κ3) is 4.11. The first-order valence-corrected chi connectivity index (χ1v) is 12.1. The van der Waals surface area contributed by atoms with Gasteiger partial charge in [0.05, 0.1) is 52.3 Å². The van der Waals surface area contributed by atoms with Gasteiger partial charge in [-0.2, -0.15) is 5.10 Å². The number of halogens is 1. The molecular formula is C21H24ClN5O5S. The van der Waals surface area contributed by atoms with Gasteiger partial charge in [0, 0.05) is 26.0 Å². The van der Waals surface area contributed by atoms with E-state index < -0.39 is 15.1 Å². The summed E-state index contributed by atoms with van der Waals surface area (Å²) in [6.45, 7) is 2.00. The van der Waals surface area contributed by atoms with Crippen molar-refractivity contribution in [2.75, 3.05) is 33.9 Å². The number of sulfone groups is 1. The fourth-order valence-electron chi connectivity index (χ4n) is 3.65. The van der Waals surface area contributed by atoms with E-state index in [9.17, 15) is 13.2 Å². The highest BCUT2D eigenvalue weighted by Gasteiger charge is 2.27. The number of nitrogens with zero attached hydrogens (tertiary/aromatic N) is 4. The Morgan fingerprint density at radius 1 is 1.27 bits per heavy atom. The first-order chi connectivity index (χ1) is 15.6. The fourth-order valence-corrected chi connectivity index (χ4v) is 5.28. The molecule has 0 saturated heterocycles. The second-order valence-electron chi connectivity index (χ2n) is 7.82. The number of rotatable bonds is 1. The number of hydrogen-bond acceptors (Lipinski definition) is 7. The highest BCUT2D eigenvalue weighted by Crippen LogP contribution is 2.31. The first kappa shape index (κ1) is 23.3. The van der Waals surface area contributed by atoms with Crippen LogP contribution in [-0.2, 0) is 21.6 Å². The van der Waals surface area contributed by atoms with Crippen LogP contribution in [0.5, 0.6) is 5.88 Å². The van der Waals surface area contributed by atoms with Crippen molar-refractivity contribution in [3.63, 3.8) is 0 Å². The standard InChI is InChI=1S/C21H24ClN5O5S/c1-12-11-32-8-7-26(2)21(28)19-14(20(31-4)25-27(19)3)5-6-17-15-9-13(33(12,29)30)10-16(22)18(15)24-23-17/h5-6,9-10,12H,7-8,11H2,1-4H3,(H,23,24)/b6-5+/t12-/m0/s1. The van der Waals surface area contributed by atoms with Crippen LogP contribution in [-0.4, -0.2) is 78.4 Å². The Hall–Kier alpha value is -2.89. The van der Waals surface area contributed by atoms with Crippen LogP contribution in [0.15, 0.2) is 17.0 Å². The molecule has 1 N–H and O–H groups in total. The quantitative estimate of drug-likeness (QED) is 0.552. The van der Waals surface area contributed by atoms with Crippen molar-refractivity contribution in [1.29, 1.82) is 0 Å². The van der Waals surface area contributed by atoms with E-state index in [1.54, 1.807) is 39.2 Å². The lowest BCUT2D eigenvalue weighted by atomic mass is 10.1. The van der Waals surface area contributed by atoms with Crippen LogP contribution in [0.25, 0.3) is 23.1 Å². The van der Waals surface area contributed by atoms with Gasteiger partial charge in [0.15, 0.2) is 9.84 Å². The van der Waals surface area contributed by atoms with Gasteiger partial charge < -0.3 is 14.4 Å². The molecule has 10 nitrogen and oxygen atoms in total. The molecule has 12 heteroatoms. The van der Waals surface area contributed by atoms with Gasteiger partial charge in [-0.3, -0.25) is 14.6 Å². The van der Waals surface area contributed by atoms with Gasteiger partial charge in [0.2, 0.25) is 5.88 Å². The third-order valence-corrected chi connectivity index (χ3v) is 8.00. The number of amides is 1. The van der Waals surface area contributed by atoms with Gasteiger partial charge in [-0.25, -0.2) is 8.42 Å². The summed E-state index contributed by atoms with van der Waals surface area (Å²) in [4.78, 5) is 14.7. The molecule has 3 heterocycles. The number of aromatic amines is 1. The average Bonchev–Trinajstić information content (AvgIpc) is 3.34. The van der Waals surface area contributed by atoms with E-state index in [1.807, 2.05) is 0 Å². The number of likely N-dealkylation sites (N-methyl/N-ethyl adjacent to an activating group) is 1. The smallest absolute Gasteiger partial charge is 0.272 e. The number of H-pyrrole nitrogens is 1. The number of aryl methyl sites for hydroxylation is 1. The summed E-state index contributed by atoms with van der Waals surface area (Å²) in [5.74, 6) is -0.000590. The van der Waals surface area contributed by atoms with Gasteiger partial charge in [-0.15, -0.1) is 5.10 Å². The Balaban J connectivity index is 1.93. The minimum absolute atomic E-state index is 0.0249. The lowest BCUT2D eigenvalue weighted by Crippen LogP contribution is -2.33. The maximum atomic E-state index is 13.2. The average molecular weight is 494 g/mol. The van der Waals surface area contributed by atoms with Crippen LogP contribution >= 0.6 is 11.6 Å². The van der Waals surface area contributed by atoms with E-state index in [4.69, 9.17) is 21.1 Å². The Kier molecular flexibility index (Phi) is 6.21. The van der Waals surface area contributed by atoms with Crippen molar-refractivity contribution in [1.82, 2.24) is 24.9 Å². The molecule has 0 saturated carbocycles. The largest absolute Gasteiger partial charge is 0.479 e. The highest BCUT2D eigenvalue weighted by molar-refractivity contribution is 7.92. The van der Waals surface area contributed by atoms with Crippen molar-refractivity contribution >= 4 is 50.4 Å². The molecule has 176 valence electrons. The predicted octanol–water partition coefficient (Wildman–Crippen LogP) is 2.39. The second kappa shape index (κ2) is 8.81. The van der Waals surface area contributed by atoms with Crippen molar-refractivity contribution in [2.24, 2.45) is 7.05 Å². The molecule has 1 aromatic carbocycles. The molecular weight excluding hydrogens is 470 g/mol. The van der Waals surface area contributed by atoms with E-state index in [2.05, 4.69) is 15.3 Å². The Morgan fingerprint density at radius 2 is 2.03 bits per heavy atom. The molecule has 4 rings (SSSR count). The van der Waals surface area contributed by atoms with E-state index in [0.717, 1.165) is 0 Å².